The second-order valence-electron chi connectivity index (χ2n) is 9.05. The minimum Gasteiger partial charge on any atom is -0.364 e. The van der Waals surface area contributed by atoms with E-state index in [-0.39, 0.29) is 24.0 Å². The van der Waals surface area contributed by atoms with Gasteiger partial charge in [-0.25, -0.2) is 13.3 Å². The van der Waals surface area contributed by atoms with Crippen molar-refractivity contribution < 1.29 is 13.6 Å². The van der Waals surface area contributed by atoms with E-state index in [9.17, 15) is 13.6 Å². The normalized spacial score (nSPS) is 25.1. The molecule has 166 valence electrons. The van der Waals surface area contributed by atoms with Crippen molar-refractivity contribution in [1.29, 1.82) is 0 Å². The molecule has 3 unspecified atom stereocenters. The zero-order chi connectivity index (χ0) is 21.8. The average molecular weight is 437 g/mol. The van der Waals surface area contributed by atoms with Gasteiger partial charge in [-0.05, 0) is 56.0 Å². The number of nitrogens with one attached hydrogen (secondary N) is 1. The summed E-state index contributed by atoms with van der Waals surface area (Å²) in [5.74, 6) is -0.794. The molecule has 1 amide bonds. The Morgan fingerprint density at radius 2 is 1.88 bits per heavy atom. The molecule has 3 aliphatic heterocycles. The zero-order valence-corrected chi connectivity index (χ0v) is 17.7. The Hall–Kier alpha value is -3.00. The summed E-state index contributed by atoms with van der Waals surface area (Å²) in [6.45, 7) is 2.42. The highest BCUT2D eigenvalue weighted by Crippen LogP contribution is 2.38. The summed E-state index contributed by atoms with van der Waals surface area (Å²) in [5.41, 5.74) is 2.61. The van der Waals surface area contributed by atoms with Crippen molar-refractivity contribution >= 4 is 17.1 Å². The van der Waals surface area contributed by atoms with Crippen LogP contribution in [0.4, 0.5) is 14.5 Å². The number of pyridine rings is 1. The van der Waals surface area contributed by atoms with Crippen LogP contribution in [0.1, 0.15) is 47.6 Å². The molecule has 2 bridgehead atoms. The van der Waals surface area contributed by atoms with Crippen LogP contribution >= 0.6 is 0 Å². The Kier molecular flexibility index (Phi) is 4.64. The second-order valence-corrected chi connectivity index (χ2v) is 9.05. The summed E-state index contributed by atoms with van der Waals surface area (Å²) in [6, 6.07) is 7.76. The molecule has 2 aromatic heterocycles. The van der Waals surface area contributed by atoms with Crippen molar-refractivity contribution in [3.8, 4) is 0 Å². The van der Waals surface area contributed by atoms with E-state index in [0.717, 1.165) is 62.6 Å². The standard InChI is InChI=1S/C24H25F2N5O/c25-15-3-6-21(26)19(10-15)22-2-1-8-29(22)16-7-9-30-23(11-16)20(14-28-30)24(32)31-17-4-5-18(31)13-27-12-17/h3,6-7,9-11,14,17-18,22,27H,1-2,4-5,8,12-13H2. The van der Waals surface area contributed by atoms with E-state index in [1.807, 2.05) is 23.2 Å². The maximum absolute atomic E-state index is 14.5. The fourth-order valence-electron chi connectivity index (χ4n) is 5.73. The highest BCUT2D eigenvalue weighted by Gasteiger charge is 2.40. The highest BCUT2D eigenvalue weighted by atomic mass is 19.1. The van der Waals surface area contributed by atoms with Gasteiger partial charge in [-0.2, -0.15) is 5.10 Å². The molecule has 3 atom stereocenters. The van der Waals surface area contributed by atoms with Gasteiger partial charge in [0, 0.05) is 49.2 Å². The van der Waals surface area contributed by atoms with Gasteiger partial charge in [0.1, 0.15) is 11.6 Å². The molecule has 0 saturated carbocycles. The highest BCUT2D eigenvalue weighted by molar-refractivity contribution is 6.01. The number of carbonyl (C=O) groups is 1. The quantitative estimate of drug-likeness (QED) is 0.681. The predicted octanol–water partition coefficient (Wildman–Crippen LogP) is 3.53. The number of aromatic nitrogens is 2. The minimum atomic E-state index is -0.432. The fraction of sp³-hybridized carbons (Fsp3) is 0.417. The van der Waals surface area contributed by atoms with Crippen molar-refractivity contribution in [1.82, 2.24) is 19.8 Å². The first kappa shape index (κ1) is 19.7. The van der Waals surface area contributed by atoms with Crippen LogP contribution in [0.2, 0.25) is 0 Å². The summed E-state index contributed by atoms with van der Waals surface area (Å²) in [7, 11) is 0. The number of hydrogen-bond donors (Lipinski definition) is 1. The molecule has 3 aromatic rings. The zero-order valence-electron chi connectivity index (χ0n) is 17.7. The summed E-state index contributed by atoms with van der Waals surface area (Å²) < 4.78 is 30.1. The van der Waals surface area contributed by atoms with Gasteiger partial charge < -0.3 is 15.1 Å². The number of halogens is 2. The Bertz CT molecular complexity index is 1180. The topological polar surface area (TPSA) is 52.9 Å². The van der Waals surface area contributed by atoms with E-state index in [1.165, 1.54) is 12.1 Å². The predicted molar refractivity (Wildman–Crippen MR) is 117 cm³/mol. The SMILES string of the molecule is O=C(c1cnn2ccc(N3CCCC3c3cc(F)ccc3F)cc12)N1C2CCC1CNC2. The maximum Gasteiger partial charge on any atom is 0.258 e. The molecule has 0 spiro atoms. The largest absolute Gasteiger partial charge is 0.364 e. The number of fused-ring (bicyclic) bond motifs is 3. The van der Waals surface area contributed by atoms with Crippen LogP contribution in [0.3, 0.4) is 0 Å². The third-order valence-electron chi connectivity index (χ3n) is 7.25. The molecule has 1 aromatic carbocycles. The van der Waals surface area contributed by atoms with E-state index in [2.05, 4.69) is 15.3 Å². The van der Waals surface area contributed by atoms with E-state index in [4.69, 9.17) is 0 Å². The van der Waals surface area contributed by atoms with Crippen LogP contribution in [-0.2, 0) is 0 Å². The van der Waals surface area contributed by atoms with Crippen molar-refractivity contribution in [2.45, 2.75) is 43.8 Å². The fourth-order valence-corrected chi connectivity index (χ4v) is 5.73. The van der Waals surface area contributed by atoms with Gasteiger partial charge in [0.25, 0.3) is 5.91 Å². The number of hydrogen-bond acceptors (Lipinski definition) is 4. The number of piperazine rings is 1. The first-order valence-electron chi connectivity index (χ1n) is 11.3. The first-order valence-corrected chi connectivity index (χ1v) is 11.3. The third kappa shape index (κ3) is 3.08. The lowest BCUT2D eigenvalue weighted by Gasteiger charge is -2.35. The Balaban J connectivity index is 1.36. The molecular weight excluding hydrogens is 412 g/mol. The molecule has 0 aliphatic carbocycles. The van der Waals surface area contributed by atoms with Crippen molar-refractivity contribution in [3.05, 3.63) is 65.5 Å². The number of amides is 1. The number of rotatable bonds is 3. The minimum absolute atomic E-state index is 0.0281. The van der Waals surface area contributed by atoms with Crippen LogP contribution in [0.15, 0.2) is 42.7 Å². The van der Waals surface area contributed by atoms with Gasteiger partial charge in [0.05, 0.1) is 23.3 Å². The lowest BCUT2D eigenvalue weighted by molar-refractivity contribution is 0.0621. The van der Waals surface area contributed by atoms with Crippen molar-refractivity contribution in [2.24, 2.45) is 0 Å². The smallest absolute Gasteiger partial charge is 0.258 e. The van der Waals surface area contributed by atoms with Gasteiger partial charge in [-0.1, -0.05) is 0 Å². The third-order valence-corrected chi connectivity index (χ3v) is 7.25. The number of carbonyl (C=O) groups excluding carboxylic acids is 1. The van der Waals surface area contributed by atoms with Gasteiger partial charge in [0.15, 0.2) is 0 Å². The number of nitrogens with zero attached hydrogens (tertiary/aromatic N) is 4. The molecule has 1 N–H and O–H groups in total. The lowest BCUT2D eigenvalue weighted by atomic mass is 10.0. The average Bonchev–Trinajstić information content (AvgIpc) is 3.50. The van der Waals surface area contributed by atoms with Crippen LogP contribution in [0, 0.1) is 11.6 Å². The van der Waals surface area contributed by atoms with Gasteiger partial charge in [-0.3, -0.25) is 4.79 Å². The molecule has 5 heterocycles. The number of benzene rings is 1. The molecular formula is C24H25F2N5O. The molecule has 32 heavy (non-hydrogen) atoms. The number of anilines is 1. The van der Waals surface area contributed by atoms with Gasteiger partial charge in [-0.15, -0.1) is 0 Å². The second kappa shape index (κ2) is 7.55. The molecule has 3 fully saturated rings. The Labute approximate surface area is 184 Å². The molecule has 0 radical (unpaired) electrons. The summed E-state index contributed by atoms with van der Waals surface area (Å²) in [4.78, 5) is 17.6. The van der Waals surface area contributed by atoms with Crippen molar-refractivity contribution in [3.63, 3.8) is 0 Å². The summed E-state index contributed by atoms with van der Waals surface area (Å²) in [6.07, 6.45) is 7.19. The maximum atomic E-state index is 14.5. The monoisotopic (exact) mass is 437 g/mol. The molecule has 6 nitrogen and oxygen atoms in total. The van der Waals surface area contributed by atoms with E-state index in [0.29, 0.717) is 11.1 Å². The van der Waals surface area contributed by atoms with Crippen LogP contribution in [0.5, 0.6) is 0 Å². The van der Waals surface area contributed by atoms with E-state index in [1.54, 1.807) is 10.7 Å². The molecule has 8 heteroatoms. The molecule has 3 aliphatic rings. The first-order chi connectivity index (χ1) is 15.6. The molecule has 3 saturated heterocycles. The van der Waals surface area contributed by atoms with Crippen LogP contribution in [-0.4, -0.2) is 52.1 Å². The summed E-state index contributed by atoms with van der Waals surface area (Å²) in [5, 5.41) is 7.81. The van der Waals surface area contributed by atoms with E-state index < -0.39 is 11.6 Å². The Morgan fingerprint density at radius 3 is 2.69 bits per heavy atom. The van der Waals surface area contributed by atoms with E-state index >= 15 is 0 Å². The van der Waals surface area contributed by atoms with Crippen LogP contribution < -0.4 is 10.2 Å². The van der Waals surface area contributed by atoms with Crippen LogP contribution in [0.25, 0.3) is 5.52 Å². The molecule has 6 rings (SSSR count). The lowest BCUT2D eigenvalue weighted by Crippen LogP contribution is -2.54. The Morgan fingerprint density at radius 1 is 1.06 bits per heavy atom. The summed E-state index contributed by atoms with van der Waals surface area (Å²) >= 11 is 0. The van der Waals surface area contributed by atoms with Crippen molar-refractivity contribution in [2.75, 3.05) is 24.5 Å². The van der Waals surface area contributed by atoms with Gasteiger partial charge >= 0.3 is 0 Å². The van der Waals surface area contributed by atoms with Gasteiger partial charge in [0.2, 0.25) is 0 Å².